The third-order valence-corrected chi connectivity index (χ3v) is 3.97. The molecule has 1 saturated heterocycles. The molecule has 0 spiro atoms. The first kappa shape index (κ1) is 19.7. The van der Waals surface area contributed by atoms with Crippen molar-refractivity contribution < 1.29 is 14.3 Å². The number of hydrogen-bond acceptors (Lipinski definition) is 4. The van der Waals surface area contributed by atoms with E-state index in [1.807, 2.05) is 24.3 Å². The van der Waals surface area contributed by atoms with E-state index in [4.69, 9.17) is 9.47 Å². The van der Waals surface area contributed by atoms with Crippen LogP contribution in [0.1, 0.15) is 25.3 Å². The maximum absolute atomic E-state index is 12.0. The molecule has 6 heteroatoms. The molecule has 2 atom stereocenters. The molecule has 1 fully saturated rings. The van der Waals surface area contributed by atoms with Gasteiger partial charge in [0.25, 0.3) is 0 Å². The van der Waals surface area contributed by atoms with E-state index in [0.717, 1.165) is 30.9 Å². The lowest BCUT2D eigenvalue weighted by Crippen LogP contribution is -2.41. The second-order valence-corrected chi connectivity index (χ2v) is 5.76. The van der Waals surface area contributed by atoms with Gasteiger partial charge in [0.05, 0.1) is 13.7 Å². The minimum Gasteiger partial charge on any atom is -0.497 e. The maximum Gasteiger partial charge on any atom is 0.248 e. The molecular formula is C17H27ClN2O3. The number of carbonyl (C=O) groups is 1. The molecule has 0 bridgehead atoms. The Labute approximate surface area is 144 Å². The van der Waals surface area contributed by atoms with Gasteiger partial charge in [-0.2, -0.15) is 0 Å². The van der Waals surface area contributed by atoms with Gasteiger partial charge in [-0.05, 0) is 56.5 Å². The zero-order valence-electron chi connectivity index (χ0n) is 13.8. The van der Waals surface area contributed by atoms with Crippen LogP contribution in [0.4, 0.5) is 0 Å². The number of carbonyl (C=O) groups excluding carboxylic acids is 1. The van der Waals surface area contributed by atoms with Crippen LogP contribution in [0.2, 0.25) is 0 Å². The van der Waals surface area contributed by atoms with Gasteiger partial charge < -0.3 is 20.1 Å². The summed E-state index contributed by atoms with van der Waals surface area (Å²) in [7, 11) is 1.64. The minimum absolute atomic E-state index is 0. The zero-order valence-corrected chi connectivity index (χ0v) is 14.7. The largest absolute Gasteiger partial charge is 0.497 e. The Morgan fingerprint density at radius 2 is 2.30 bits per heavy atom. The molecule has 1 heterocycles. The summed E-state index contributed by atoms with van der Waals surface area (Å²) in [4.78, 5) is 12.0. The van der Waals surface area contributed by atoms with Gasteiger partial charge in [0.2, 0.25) is 5.91 Å². The Bertz CT molecular complexity index is 479. The summed E-state index contributed by atoms with van der Waals surface area (Å²) >= 11 is 0. The van der Waals surface area contributed by atoms with E-state index in [0.29, 0.717) is 12.5 Å². The molecule has 0 aliphatic carbocycles. The van der Waals surface area contributed by atoms with Crippen molar-refractivity contribution in [3.63, 3.8) is 0 Å². The van der Waals surface area contributed by atoms with Crippen LogP contribution in [0.5, 0.6) is 5.75 Å². The smallest absolute Gasteiger partial charge is 0.248 e. The van der Waals surface area contributed by atoms with E-state index < -0.39 is 6.10 Å². The number of halogens is 1. The second-order valence-electron chi connectivity index (χ2n) is 5.76. The van der Waals surface area contributed by atoms with Gasteiger partial charge in [0, 0.05) is 6.54 Å². The zero-order chi connectivity index (χ0) is 15.8. The summed E-state index contributed by atoms with van der Waals surface area (Å²) in [6, 6.07) is 7.68. The molecule has 2 rings (SSSR count). The van der Waals surface area contributed by atoms with E-state index in [-0.39, 0.29) is 18.3 Å². The summed E-state index contributed by atoms with van der Waals surface area (Å²) in [5.74, 6) is 1.28. The fourth-order valence-electron chi connectivity index (χ4n) is 2.55. The van der Waals surface area contributed by atoms with Crippen LogP contribution in [0.15, 0.2) is 24.3 Å². The normalized spacial score (nSPS) is 18.6. The lowest BCUT2D eigenvalue weighted by atomic mass is 10.00. The molecule has 0 radical (unpaired) electrons. The monoisotopic (exact) mass is 342 g/mol. The van der Waals surface area contributed by atoms with Gasteiger partial charge in [-0.1, -0.05) is 12.1 Å². The van der Waals surface area contributed by atoms with E-state index in [1.165, 1.54) is 12.8 Å². The van der Waals surface area contributed by atoms with Crippen molar-refractivity contribution in [1.82, 2.24) is 10.6 Å². The fraction of sp³-hybridized carbons (Fsp3) is 0.588. The van der Waals surface area contributed by atoms with Crippen LogP contribution in [0, 0.1) is 5.92 Å². The Kier molecular flexibility index (Phi) is 8.99. The number of piperidine rings is 1. The maximum atomic E-state index is 12.0. The molecule has 1 aromatic rings. The lowest BCUT2D eigenvalue weighted by molar-refractivity contribution is -0.132. The Morgan fingerprint density at radius 3 is 3.00 bits per heavy atom. The summed E-state index contributed by atoms with van der Waals surface area (Å²) in [5.41, 5.74) is 0.996. The number of rotatable bonds is 7. The average Bonchev–Trinajstić information content (AvgIpc) is 2.58. The topological polar surface area (TPSA) is 59.6 Å². The Morgan fingerprint density at radius 1 is 1.48 bits per heavy atom. The molecule has 130 valence electrons. The van der Waals surface area contributed by atoms with Gasteiger partial charge in [-0.3, -0.25) is 4.79 Å². The third kappa shape index (κ3) is 6.77. The van der Waals surface area contributed by atoms with Crippen molar-refractivity contribution in [3.05, 3.63) is 29.8 Å². The molecule has 0 aromatic heterocycles. The second kappa shape index (κ2) is 10.5. The number of nitrogens with one attached hydrogen (secondary N) is 2. The van der Waals surface area contributed by atoms with E-state index in [9.17, 15) is 4.79 Å². The molecule has 23 heavy (non-hydrogen) atoms. The first-order valence-corrected chi connectivity index (χ1v) is 7.92. The minimum atomic E-state index is -0.456. The van der Waals surface area contributed by atoms with E-state index in [1.54, 1.807) is 14.0 Å². The molecule has 1 aliphatic rings. The summed E-state index contributed by atoms with van der Waals surface area (Å²) in [6.07, 6.45) is 1.90. The van der Waals surface area contributed by atoms with E-state index in [2.05, 4.69) is 10.6 Å². The highest BCUT2D eigenvalue weighted by atomic mass is 35.5. The quantitative estimate of drug-likeness (QED) is 0.797. The molecule has 2 N–H and O–H groups in total. The predicted molar refractivity (Wildman–Crippen MR) is 93.1 cm³/mol. The highest BCUT2D eigenvalue weighted by molar-refractivity contribution is 5.85. The van der Waals surface area contributed by atoms with Crippen molar-refractivity contribution in [1.29, 1.82) is 0 Å². The number of ether oxygens (including phenoxy) is 2. The van der Waals surface area contributed by atoms with Crippen molar-refractivity contribution in [2.75, 3.05) is 26.7 Å². The number of amides is 1. The predicted octanol–water partition coefficient (Wildman–Crippen LogP) is 2.14. The standard InChI is InChI=1S/C17H26N2O3.ClH/c1-13(17(20)19-11-15-6-4-8-18-10-15)22-12-14-5-3-7-16(9-14)21-2;/h3,5,7,9,13,15,18H,4,6,8,10-12H2,1-2H3,(H,19,20);1H. The number of methoxy groups -OCH3 is 1. The number of hydrogen-bond donors (Lipinski definition) is 2. The highest BCUT2D eigenvalue weighted by Gasteiger charge is 2.17. The van der Waals surface area contributed by atoms with Crippen molar-refractivity contribution in [2.45, 2.75) is 32.5 Å². The highest BCUT2D eigenvalue weighted by Crippen LogP contribution is 2.14. The lowest BCUT2D eigenvalue weighted by Gasteiger charge is -2.23. The van der Waals surface area contributed by atoms with Crippen LogP contribution in [-0.2, 0) is 16.1 Å². The van der Waals surface area contributed by atoms with E-state index >= 15 is 0 Å². The Hall–Kier alpha value is -1.30. The average molecular weight is 343 g/mol. The van der Waals surface area contributed by atoms with Crippen LogP contribution in [0.25, 0.3) is 0 Å². The van der Waals surface area contributed by atoms with Gasteiger partial charge in [0.15, 0.2) is 0 Å². The van der Waals surface area contributed by atoms with Crippen molar-refractivity contribution >= 4 is 18.3 Å². The molecular weight excluding hydrogens is 316 g/mol. The van der Waals surface area contributed by atoms with Crippen molar-refractivity contribution in [2.24, 2.45) is 5.92 Å². The van der Waals surface area contributed by atoms with Gasteiger partial charge in [0.1, 0.15) is 11.9 Å². The molecule has 1 aliphatic heterocycles. The van der Waals surface area contributed by atoms with Crippen LogP contribution >= 0.6 is 12.4 Å². The van der Waals surface area contributed by atoms with Crippen LogP contribution < -0.4 is 15.4 Å². The van der Waals surface area contributed by atoms with Gasteiger partial charge in [-0.25, -0.2) is 0 Å². The van der Waals surface area contributed by atoms with Gasteiger partial charge >= 0.3 is 0 Å². The first-order chi connectivity index (χ1) is 10.7. The van der Waals surface area contributed by atoms with Crippen LogP contribution in [-0.4, -0.2) is 38.8 Å². The molecule has 1 amide bonds. The van der Waals surface area contributed by atoms with Crippen LogP contribution in [0.3, 0.4) is 0 Å². The number of benzene rings is 1. The summed E-state index contributed by atoms with van der Waals surface area (Å²) < 4.78 is 10.8. The Balaban J connectivity index is 0.00000264. The fourth-order valence-corrected chi connectivity index (χ4v) is 2.55. The molecule has 1 aromatic carbocycles. The van der Waals surface area contributed by atoms with Gasteiger partial charge in [-0.15, -0.1) is 12.4 Å². The summed E-state index contributed by atoms with van der Waals surface area (Å²) in [6.45, 7) is 4.98. The first-order valence-electron chi connectivity index (χ1n) is 7.92. The molecule has 2 unspecified atom stereocenters. The SMILES string of the molecule is COc1cccc(COC(C)C(=O)NCC2CCCNC2)c1.Cl. The summed E-state index contributed by atoms with van der Waals surface area (Å²) in [5, 5.41) is 6.33. The third-order valence-electron chi connectivity index (χ3n) is 3.97. The molecule has 0 saturated carbocycles. The molecule has 5 nitrogen and oxygen atoms in total. The van der Waals surface area contributed by atoms with Crippen molar-refractivity contribution in [3.8, 4) is 5.75 Å².